The normalized spacial score (nSPS) is 19.4. The van der Waals surface area contributed by atoms with Gasteiger partial charge in [-0.15, -0.1) is 0 Å². The van der Waals surface area contributed by atoms with Crippen molar-refractivity contribution in [3.8, 4) is 11.1 Å². The van der Waals surface area contributed by atoms with Crippen molar-refractivity contribution in [1.82, 2.24) is 9.78 Å². The standard InChI is InChI=1S/C19H22BF5N2O3/c1-10(28)8-27-9-12(16(26-27)19(23,24)25)11-6-7-13(15(22)14(11)21)20-29-17(2,3)18(4,5)30-20/h6-7,9-10,28H,8H2,1-5H3. The van der Waals surface area contributed by atoms with E-state index in [1.54, 1.807) is 27.7 Å². The number of aromatic nitrogens is 2. The number of hydrogen-bond acceptors (Lipinski definition) is 4. The second kappa shape index (κ2) is 7.31. The van der Waals surface area contributed by atoms with E-state index in [9.17, 15) is 27.1 Å². The van der Waals surface area contributed by atoms with Gasteiger partial charge in [-0.25, -0.2) is 8.78 Å². The quantitative estimate of drug-likeness (QED) is 0.594. The Morgan fingerprint density at radius 1 is 1.07 bits per heavy atom. The van der Waals surface area contributed by atoms with Crippen molar-refractivity contribution >= 4 is 12.6 Å². The average molecular weight is 432 g/mol. The topological polar surface area (TPSA) is 56.5 Å². The van der Waals surface area contributed by atoms with E-state index in [4.69, 9.17) is 9.31 Å². The van der Waals surface area contributed by atoms with Gasteiger partial charge in [0.2, 0.25) is 0 Å². The fourth-order valence-corrected chi connectivity index (χ4v) is 3.12. The number of halogens is 5. The van der Waals surface area contributed by atoms with Gasteiger partial charge in [-0.2, -0.15) is 18.3 Å². The highest BCUT2D eigenvalue weighted by molar-refractivity contribution is 6.62. The SMILES string of the molecule is CC(O)Cn1cc(-c2ccc(B3OC(C)(C)C(C)(C)O3)c(F)c2F)c(C(F)(F)F)n1. The number of rotatable bonds is 4. The van der Waals surface area contributed by atoms with Crippen LogP contribution in [0, 0.1) is 11.6 Å². The van der Waals surface area contributed by atoms with Crippen molar-refractivity contribution < 1.29 is 36.4 Å². The third kappa shape index (κ3) is 3.98. The summed E-state index contributed by atoms with van der Waals surface area (Å²) in [5, 5.41) is 12.8. The number of aliphatic hydroxyl groups is 1. The van der Waals surface area contributed by atoms with Crippen LogP contribution in [0.25, 0.3) is 11.1 Å². The molecule has 0 radical (unpaired) electrons. The smallest absolute Gasteiger partial charge is 0.399 e. The van der Waals surface area contributed by atoms with E-state index < -0.39 is 59.1 Å². The van der Waals surface area contributed by atoms with E-state index in [0.29, 0.717) is 0 Å². The average Bonchev–Trinajstić information content (AvgIpc) is 3.07. The molecule has 1 aromatic heterocycles. The van der Waals surface area contributed by atoms with Crippen LogP contribution in [0.15, 0.2) is 18.3 Å². The van der Waals surface area contributed by atoms with Gasteiger partial charge < -0.3 is 14.4 Å². The van der Waals surface area contributed by atoms with Crippen LogP contribution >= 0.6 is 0 Å². The van der Waals surface area contributed by atoms with Gasteiger partial charge in [0.15, 0.2) is 17.3 Å². The molecule has 3 rings (SSSR count). The maximum atomic E-state index is 14.9. The lowest BCUT2D eigenvalue weighted by atomic mass is 9.78. The Morgan fingerprint density at radius 3 is 2.13 bits per heavy atom. The summed E-state index contributed by atoms with van der Waals surface area (Å²) >= 11 is 0. The van der Waals surface area contributed by atoms with Crippen LogP contribution < -0.4 is 5.46 Å². The molecule has 1 atom stereocenters. The number of benzene rings is 1. The van der Waals surface area contributed by atoms with Gasteiger partial charge in [-0.1, -0.05) is 12.1 Å². The van der Waals surface area contributed by atoms with Gasteiger partial charge in [0.25, 0.3) is 0 Å². The van der Waals surface area contributed by atoms with Gasteiger partial charge in [0, 0.05) is 22.8 Å². The highest BCUT2D eigenvalue weighted by Gasteiger charge is 2.52. The Kier molecular flexibility index (Phi) is 5.54. The second-order valence-corrected chi connectivity index (χ2v) is 8.38. The molecular formula is C19H22BF5N2O3. The van der Waals surface area contributed by atoms with Gasteiger partial charge in [-0.3, -0.25) is 4.68 Å². The Labute approximate surface area is 170 Å². The number of alkyl halides is 3. The van der Waals surface area contributed by atoms with Crippen molar-refractivity contribution in [2.45, 2.75) is 64.6 Å². The van der Waals surface area contributed by atoms with Crippen LogP contribution in [0.3, 0.4) is 0 Å². The summed E-state index contributed by atoms with van der Waals surface area (Å²) in [5.74, 6) is -2.83. The zero-order valence-electron chi connectivity index (χ0n) is 17.1. The minimum absolute atomic E-state index is 0.237. The van der Waals surface area contributed by atoms with Crippen LogP contribution in [-0.4, -0.2) is 39.3 Å². The molecule has 0 aliphatic carbocycles. The lowest BCUT2D eigenvalue weighted by Crippen LogP contribution is -2.41. The van der Waals surface area contributed by atoms with Crippen molar-refractivity contribution in [3.63, 3.8) is 0 Å². The molecule has 1 unspecified atom stereocenters. The molecule has 1 aliphatic rings. The lowest BCUT2D eigenvalue weighted by molar-refractivity contribution is -0.141. The molecule has 5 nitrogen and oxygen atoms in total. The molecule has 2 aromatic rings. The third-order valence-electron chi connectivity index (χ3n) is 5.39. The number of aliphatic hydroxyl groups excluding tert-OH is 1. The molecule has 1 saturated heterocycles. The summed E-state index contributed by atoms with van der Waals surface area (Å²) in [5.41, 5.74) is -4.45. The Morgan fingerprint density at radius 2 is 1.63 bits per heavy atom. The molecule has 1 aromatic carbocycles. The Bertz CT molecular complexity index is 940. The van der Waals surface area contributed by atoms with Crippen LogP contribution in [0.4, 0.5) is 22.0 Å². The first kappa shape index (κ1) is 22.7. The summed E-state index contributed by atoms with van der Waals surface area (Å²) in [4.78, 5) is 0. The van der Waals surface area contributed by atoms with Crippen LogP contribution in [0.5, 0.6) is 0 Å². The van der Waals surface area contributed by atoms with E-state index in [-0.39, 0.29) is 12.0 Å². The van der Waals surface area contributed by atoms with Gasteiger partial charge in [0.05, 0.1) is 23.9 Å². The molecule has 11 heteroatoms. The molecular weight excluding hydrogens is 410 g/mol. The number of hydrogen-bond donors (Lipinski definition) is 1. The van der Waals surface area contributed by atoms with Crippen LogP contribution in [0.2, 0.25) is 0 Å². The van der Waals surface area contributed by atoms with E-state index in [0.717, 1.165) is 23.0 Å². The van der Waals surface area contributed by atoms with Gasteiger partial charge >= 0.3 is 13.3 Å². The van der Waals surface area contributed by atoms with Gasteiger partial charge in [-0.05, 0) is 34.6 Å². The summed E-state index contributed by atoms with van der Waals surface area (Å²) in [6.45, 7) is 8.08. The molecule has 30 heavy (non-hydrogen) atoms. The Balaban J connectivity index is 2.06. The largest absolute Gasteiger partial charge is 0.497 e. The molecule has 0 saturated carbocycles. The number of nitrogens with zero attached hydrogens (tertiary/aromatic N) is 2. The zero-order valence-corrected chi connectivity index (χ0v) is 17.1. The van der Waals surface area contributed by atoms with Crippen molar-refractivity contribution in [3.05, 3.63) is 35.7 Å². The molecule has 164 valence electrons. The fourth-order valence-electron chi connectivity index (χ4n) is 3.12. The monoisotopic (exact) mass is 432 g/mol. The van der Waals surface area contributed by atoms with E-state index in [1.165, 1.54) is 6.92 Å². The summed E-state index contributed by atoms with van der Waals surface area (Å²) in [7, 11) is -1.21. The maximum Gasteiger partial charge on any atom is 0.497 e. The first-order valence-corrected chi connectivity index (χ1v) is 9.30. The van der Waals surface area contributed by atoms with E-state index in [2.05, 4.69) is 5.10 Å². The Hall–Kier alpha value is -1.98. The zero-order chi connectivity index (χ0) is 22.6. The van der Waals surface area contributed by atoms with E-state index >= 15 is 0 Å². The minimum atomic E-state index is -4.90. The summed E-state index contributed by atoms with van der Waals surface area (Å²) in [6.07, 6.45) is -4.94. The van der Waals surface area contributed by atoms with Crippen LogP contribution in [0.1, 0.15) is 40.3 Å². The highest BCUT2D eigenvalue weighted by Crippen LogP contribution is 2.39. The lowest BCUT2D eigenvalue weighted by Gasteiger charge is -2.32. The molecule has 1 fully saturated rings. The van der Waals surface area contributed by atoms with Gasteiger partial charge in [0.1, 0.15) is 0 Å². The van der Waals surface area contributed by atoms with Crippen molar-refractivity contribution in [2.75, 3.05) is 0 Å². The molecule has 1 aliphatic heterocycles. The molecule has 0 bridgehead atoms. The molecule has 0 amide bonds. The van der Waals surface area contributed by atoms with Crippen LogP contribution in [-0.2, 0) is 22.0 Å². The first-order chi connectivity index (χ1) is 13.6. The molecule has 1 N–H and O–H groups in total. The first-order valence-electron chi connectivity index (χ1n) is 9.30. The summed E-state index contributed by atoms with van der Waals surface area (Å²) < 4.78 is 82.3. The van der Waals surface area contributed by atoms with Crippen molar-refractivity contribution in [1.29, 1.82) is 0 Å². The molecule has 0 spiro atoms. The van der Waals surface area contributed by atoms with Crippen molar-refractivity contribution in [2.24, 2.45) is 0 Å². The molecule has 2 heterocycles. The fraction of sp³-hybridized carbons (Fsp3) is 0.526. The van der Waals surface area contributed by atoms with E-state index in [1.807, 2.05) is 0 Å². The predicted molar refractivity (Wildman–Crippen MR) is 100.0 cm³/mol. The third-order valence-corrected chi connectivity index (χ3v) is 5.39. The minimum Gasteiger partial charge on any atom is -0.399 e. The predicted octanol–water partition coefficient (Wildman–Crippen LogP) is 3.53. The highest BCUT2D eigenvalue weighted by atomic mass is 19.4. The summed E-state index contributed by atoms with van der Waals surface area (Å²) in [6, 6.07) is 2.18. The maximum absolute atomic E-state index is 14.9. The second-order valence-electron chi connectivity index (χ2n) is 8.38.